The molecule has 5 nitrogen and oxygen atoms in total. The third-order valence-corrected chi connectivity index (χ3v) is 6.09. The monoisotopic (exact) mass is 499 g/mol. The molecule has 5 aromatic rings. The predicted octanol–water partition coefficient (Wildman–Crippen LogP) is 7.92. The first-order chi connectivity index (χ1) is 18.6. The molecule has 1 N–H and O–H groups in total. The van der Waals surface area contributed by atoms with Crippen molar-refractivity contribution < 1.29 is 9.53 Å². The zero-order chi connectivity index (χ0) is 26.3. The summed E-state index contributed by atoms with van der Waals surface area (Å²) in [5.74, 6) is 0.744. The Morgan fingerprint density at radius 3 is 2.08 bits per heavy atom. The van der Waals surface area contributed by atoms with Crippen molar-refractivity contribution in [2.24, 2.45) is 4.99 Å². The lowest BCUT2D eigenvalue weighted by Gasteiger charge is -2.15. The molecule has 0 atom stereocenters. The Hall–Kier alpha value is -4.90. The van der Waals surface area contributed by atoms with E-state index in [0.29, 0.717) is 6.61 Å². The number of hydrogen-bond acceptors (Lipinski definition) is 3. The highest BCUT2D eigenvalue weighted by Crippen LogP contribution is 2.36. The number of hydrogen-bond donors (Lipinski definition) is 1. The van der Waals surface area contributed by atoms with Gasteiger partial charge in [0.1, 0.15) is 5.75 Å². The number of anilines is 1. The van der Waals surface area contributed by atoms with Crippen molar-refractivity contribution in [3.63, 3.8) is 0 Å². The van der Waals surface area contributed by atoms with E-state index in [0.717, 1.165) is 50.9 Å². The number of nitrogens with zero attached hydrogens (tertiary/aromatic N) is 2. The van der Waals surface area contributed by atoms with Crippen LogP contribution < -0.4 is 10.1 Å². The molecule has 5 heteroatoms. The summed E-state index contributed by atoms with van der Waals surface area (Å²) in [6.07, 6.45) is 1.91. The van der Waals surface area contributed by atoms with Crippen LogP contribution in [0, 0.1) is 0 Å². The quantitative estimate of drug-likeness (QED) is 0.221. The van der Waals surface area contributed by atoms with Gasteiger partial charge < -0.3 is 14.6 Å². The maximum atomic E-state index is 11.4. The molecular weight excluding hydrogens is 470 g/mol. The summed E-state index contributed by atoms with van der Waals surface area (Å²) in [4.78, 5) is 16.1. The minimum Gasteiger partial charge on any atom is -0.494 e. The first-order valence-electron chi connectivity index (χ1n) is 12.6. The van der Waals surface area contributed by atoms with Crippen LogP contribution >= 0.6 is 0 Å². The maximum absolute atomic E-state index is 11.4. The van der Waals surface area contributed by atoms with Gasteiger partial charge >= 0.3 is 0 Å². The van der Waals surface area contributed by atoms with Crippen LogP contribution in [0.1, 0.15) is 19.4 Å². The van der Waals surface area contributed by atoms with Crippen LogP contribution in [-0.2, 0) is 4.79 Å². The molecule has 0 aliphatic heterocycles. The molecule has 0 aliphatic carbocycles. The molecule has 0 radical (unpaired) electrons. The minimum absolute atomic E-state index is 0.0992. The lowest BCUT2D eigenvalue weighted by Crippen LogP contribution is -2.04. The number of benzene rings is 4. The molecule has 188 valence electrons. The van der Waals surface area contributed by atoms with Crippen molar-refractivity contribution in [2.75, 3.05) is 11.9 Å². The number of amides is 1. The average molecular weight is 500 g/mol. The zero-order valence-corrected chi connectivity index (χ0v) is 21.5. The van der Waals surface area contributed by atoms with Crippen molar-refractivity contribution in [3.8, 4) is 34.0 Å². The Kier molecular flexibility index (Phi) is 7.46. The topological polar surface area (TPSA) is 55.6 Å². The molecule has 0 unspecified atom stereocenters. The number of aliphatic imine (C=N–C) groups is 1. The van der Waals surface area contributed by atoms with Crippen LogP contribution in [0.25, 0.3) is 28.2 Å². The number of nitrogens with one attached hydrogen (secondary N) is 1. The molecule has 1 heterocycles. The van der Waals surface area contributed by atoms with Crippen LogP contribution in [0.15, 0.2) is 120 Å². The lowest BCUT2D eigenvalue weighted by atomic mass is 10.1. The highest BCUT2D eigenvalue weighted by molar-refractivity contribution is 5.95. The van der Waals surface area contributed by atoms with Gasteiger partial charge in [-0.1, -0.05) is 60.7 Å². The molecule has 0 bridgehead atoms. The smallest absolute Gasteiger partial charge is 0.221 e. The number of carbonyl (C=O) groups is 1. The van der Waals surface area contributed by atoms with Crippen molar-refractivity contribution in [2.45, 2.75) is 13.8 Å². The van der Waals surface area contributed by atoms with E-state index in [1.165, 1.54) is 6.92 Å². The predicted molar refractivity (Wildman–Crippen MR) is 156 cm³/mol. The first kappa shape index (κ1) is 24.8. The van der Waals surface area contributed by atoms with E-state index in [9.17, 15) is 4.79 Å². The van der Waals surface area contributed by atoms with Gasteiger partial charge in [-0.05, 0) is 72.6 Å². The summed E-state index contributed by atoms with van der Waals surface area (Å²) in [5.41, 5.74) is 7.88. The molecule has 1 aromatic heterocycles. The standard InChI is InChI=1S/C33H29N3O2/c1-3-38-31-20-18-30(19-21-31)36-32(25-10-6-4-7-11-25)22-27(33(36)26-12-8-5-9-13-26)23-34-28-14-16-29(17-15-28)35-24(2)37/h4-23H,3H2,1-2H3,(H,35,37). The highest BCUT2D eigenvalue weighted by Gasteiger charge is 2.18. The normalized spacial score (nSPS) is 11.0. The van der Waals surface area contributed by atoms with E-state index in [1.54, 1.807) is 0 Å². The molecule has 5 rings (SSSR count). The lowest BCUT2D eigenvalue weighted by molar-refractivity contribution is -0.114. The molecule has 1 amide bonds. The fraction of sp³-hybridized carbons (Fsp3) is 0.0909. The number of aromatic nitrogens is 1. The molecule has 0 saturated carbocycles. The third kappa shape index (κ3) is 5.57. The molecule has 0 aliphatic rings. The second kappa shape index (κ2) is 11.4. The van der Waals surface area contributed by atoms with Gasteiger partial charge in [0.2, 0.25) is 5.91 Å². The summed E-state index contributed by atoms with van der Waals surface area (Å²) in [6.45, 7) is 4.11. The van der Waals surface area contributed by atoms with Crippen LogP contribution in [0.4, 0.5) is 11.4 Å². The van der Waals surface area contributed by atoms with Gasteiger partial charge in [0, 0.05) is 30.1 Å². The van der Waals surface area contributed by atoms with Crippen molar-refractivity contribution in [1.29, 1.82) is 0 Å². The summed E-state index contributed by atoms with van der Waals surface area (Å²) >= 11 is 0. The fourth-order valence-corrected chi connectivity index (χ4v) is 4.45. The molecule has 0 saturated heterocycles. The van der Waals surface area contributed by atoms with Crippen molar-refractivity contribution in [3.05, 3.63) is 121 Å². The Morgan fingerprint density at radius 2 is 1.47 bits per heavy atom. The van der Waals surface area contributed by atoms with Gasteiger partial charge in [-0.15, -0.1) is 0 Å². The van der Waals surface area contributed by atoms with E-state index >= 15 is 0 Å². The largest absolute Gasteiger partial charge is 0.494 e. The van der Waals surface area contributed by atoms with E-state index in [1.807, 2.05) is 61.7 Å². The van der Waals surface area contributed by atoms with Crippen molar-refractivity contribution in [1.82, 2.24) is 4.57 Å². The third-order valence-electron chi connectivity index (χ3n) is 6.09. The Morgan fingerprint density at radius 1 is 0.842 bits per heavy atom. The van der Waals surface area contributed by atoms with E-state index in [-0.39, 0.29) is 5.91 Å². The van der Waals surface area contributed by atoms with Gasteiger partial charge in [-0.25, -0.2) is 0 Å². The SMILES string of the molecule is CCOc1ccc(-n2c(-c3ccccc3)cc(C=Nc3ccc(NC(C)=O)cc3)c2-c2ccccc2)cc1. The molecule has 0 spiro atoms. The van der Waals surface area contributed by atoms with Gasteiger partial charge in [0.05, 0.1) is 23.7 Å². The summed E-state index contributed by atoms with van der Waals surface area (Å²) in [6, 6.07) is 38.6. The molecular formula is C33H29N3O2. The van der Waals surface area contributed by atoms with E-state index in [2.05, 4.69) is 76.6 Å². The Balaban J connectivity index is 1.66. The van der Waals surface area contributed by atoms with Crippen LogP contribution in [0.2, 0.25) is 0 Å². The zero-order valence-electron chi connectivity index (χ0n) is 21.5. The van der Waals surface area contributed by atoms with Gasteiger partial charge in [-0.2, -0.15) is 0 Å². The van der Waals surface area contributed by atoms with Gasteiger partial charge in [0.25, 0.3) is 0 Å². The number of carbonyl (C=O) groups excluding carboxylic acids is 1. The summed E-state index contributed by atoms with van der Waals surface area (Å²) in [7, 11) is 0. The first-order valence-corrected chi connectivity index (χ1v) is 12.6. The van der Waals surface area contributed by atoms with Gasteiger partial charge in [0.15, 0.2) is 0 Å². The second-order valence-electron chi connectivity index (χ2n) is 8.81. The van der Waals surface area contributed by atoms with Crippen LogP contribution in [-0.4, -0.2) is 23.3 Å². The molecule has 0 fully saturated rings. The highest BCUT2D eigenvalue weighted by atomic mass is 16.5. The Bertz CT molecular complexity index is 1540. The average Bonchev–Trinajstić information content (AvgIpc) is 3.33. The number of rotatable bonds is 8. The van der Waals surface area contributed by atoms with Gasteiger partial charge in [-0.3, -0.25) is 9.79 Å². The summed E-state index contributed by atoms with van der Waals surface area (Å²) < 4.78 is 7.97. The Labute approximate surface area is 223 Å². The summed E-state index contributed by atoms with van der Waals surface area (Å²) in [5, 5.41) is 2.79. The van der Waals surface area contributed by atoms with Crippen molar-refractivity contribution >= 4 is 23.5 Å². The second-order valence-corrected chi connectivity index (χ2v) is 8.81. The molecule has 4 aromatic carbocycles. The van der Waals surface area contributed by atoms with Crippen LogP contribution in [0.5, 0.6) is 5.75 Å². The minimum atomic E-state index is -0.0992. The fourth-order valence-electron chi connectivity index (χ4n) is 4.45. The maximum Gasteiger partial charge on any atom is 0.221 e. The number of ether oxygens (including phenoxy) is 1. The van der Waals surface area contributed by atoms with E-state index in [4.69, 9.17) is 9.73 Å². The van der Waals surface area contributed by atoms with Crippen LogP contribution in [0.3, 0.4) is 0 Å². The molecule has 38 heavy (non-hydrogen) atoms. The van der Waals surface area contributed by atoms with E-state index < -0.39 is 0 Å².